The summed E-state index contributed by atoms with van der Waals surface area (Å²) >= 11 is 6.20. The number of para-hydroxylation sites is 2. The van der Waals surface area contributed by atoms with Crippen molar-refractivity contribution >= 4 is 40.7 Å². The Balaban J connectivity index is 1.46. The molecule has 0 saturated heterocycles. The lowest BCUT2D eigenvalue weighted by atomic mass is 10.1. The van der Waals surface area contributed by atoms with Gasteiger partial charge in [0.1, 0.15) is 16.5 Å². The summed E-state index contributed by atoms with van der Waals surface area (Å²) in [6.45, 7) is 0.213. The number of halogens is 1. The fourth-order valence-electron chi connectivity index (χ4n) is 3.57. The number of imide groups is 1. The van der Waals surface area contributed by atoms with E-state index in [4.69, 9.17) is 16.3 Å². The number of nitrogens with one attached hydrogen (secondary N) is 2. The second kappa shape index (κ2) is 10.2. The second-order valence-electron chi connectivity index (χ2n) is 7.55. The maximum atomic E-state index is 12.9. The molecule has 34 heavy (non-hydrogen) atoms. The smallest absolute Gasteiger partial charge is 0.278 e. The van der Waals surface area contributed by atoms with Crippen molar-refractivity contribution in [3.05, 3.63) is 101 Å². The van der Waals surface area contributed by atoms with Crippen LogP contribution in [0.1, 0.15) is 15.9 Å². The van der Waals surface area contributed by atoms with Gasteiger partial charge in [-0.25, -0.2) is 0 Å². The molecule has 4 rings (SSSR count). The van der Waals surface area contributed by atoms with Crippen LogP contribution in [0.3, 0.4) is 0 Å². The third-order valence-electron chi connectivity index (χ3n) is 5.33. The Morgan fingerprint density at radius 3 is 2.44 bits per heavy atom. The zero-order valence-electron chi connectivity index (χ0n) is 18.4. The van der Waals surface area contributed by atoms with Crippen LogP contribution in [0.5, 0.6) is 5.75 Å². The molecule has 0 aliphatic carbocycles. The van der Waals surface area contributed by atoms with E-state index in [0.29, 0.717) is 29.1 Å². The first-order valence-corrected chi connectivity index (χ1v) is 11.0. The number of hydrogen-bond donors (Lipinski definition) is 2. The Morgan fingerprint density at radius 1 is 0.941 bits per heavy atom. The van der Waals surface area contributed by atoms with Gasteiger partial charge in [0.05, 0.1) is 12.8 Å². The summed E-state index contributed by atoms with van der Waals surface area (Å²) in [4.78, 5) is 39.3. The molecule has 3 aromatic rings. The number of carbonyl (C=O) groups excluding carboxylic acids is 3. The van der Waals surface area contributed by atoms with Gasteiger partial charge in [-0.05, 0) is 42.3 Å². The van der Waals surface area contributed by atoms with Crippen LogP contribution < -0.4 is 15.4 Å². The fourth-order valence-corrected chi connectivity index (χ4v) is 3.80. The third kappa shape index (κ3) is 4.94. The van der Waals surface area contributed by atoms with E-state index in [2.05, 4.69) is 10.6 Å². The highest BCUT2D eigenvalue weighted by atomic mass is 35.5. The van der Waals surface area contributed by atoms with Crippen LogP contribution in [0.25, 0.3) is 0 Å². The molecule has 0 aromatic heterocycles. The molecular formula is C26H22ClN3O4. The SMILES string of the molecule is COc1ccccc1NC(=O)c1cccc(NC2=C(Cl)C(=O)N(CCc3ccccc3)C2=O)c1. The summed E-state index contributed by atoms with van der Waals surface area (Å²) in [6, 6.07) is 23.2. The number of methoxy groups -OCH3 is 1. The lowest BCUT2D eigenvalue weighted by Crippen LogP contribution is -2.34. The van der Waals surface area contributed by atoms with Gasteiger partial charge in [-0.2, -0.15) is 0 Å². The van der Waals surface area contributed by atoms with Crippen LogP contribution in [-0.4, -0.2) is 36.3 Å². The van der Waals surface area contributed by atoms with Gasteiger partial charge in [0.2, 0.25) is 0 Å². The van der Waals surface area contributed by atoms with E-state index in [1.807, 2.05) is 30.3 Å². The van der Waals surface area contributed by atoms with E-state index in [9.17, 15) is 14.4 Å². The molecule has 0 saturated carbocycles. The van der Waals surface area contributed by atoms with Gasteiger partial charge in [0, 0.05) is 17.8 Å². The molecule has 172 valence electrons. The molecule has 3 amide bonds. The van der Waals surface area contributed by atoms with Crippen molar-refractivity contribution in [2.75, 3.05) is 24.3 Å². The molecule has 2 N–H and O–H groups in total. The molecule has 0 fully saturated rings. The van der Waals surface area contributed by atoms with Gasteiger partial charge in [-0.15, -0.1) is 0 Å². The number of ether oxygens (including phenoxy) is 1. The molecule has 8 heteroatoms. The van der Waals surface area contributed by atoms with E-state index in [1.165, 1.54) is 7.11 Å². The van der Waals surface area contributed by atoms with Gasteiger partial charge in [0.15, 0.2) is 0 Å². The van der Waals surface area contributed by atoms with E-state index in [-0.39, 0.29) is 23.2 Å². The van der Waals surface area contributed by atoms with Crippen molar-refractivity contribution in [1.82, 2.24) is 4.90 Å². The molecule has 7 nitrogen and oxygen atoms in total. The number of rotatable bonds is 8. The monoisotopic (exact) mass is 475 g/mol. The Hall–Kier alpha value is -4.10. The predicted octanol–water partition coefficient (Wildman–Crippen LogP) is 4.42. The standard InChI is InChI=1S/C26H22ClN3O4/c1-34-21-13-6-5-12-20(21)29-24(31)18-10-7-11-19(16-18)28-23-22(27)25(32)30(26(23)33)15-14-17-8-3-2-4-9-17/h2-13,16,28H,14-15H2,1H3,(H,29,31). The minimum atomic E-state index is -0.546. The average molecular weight is 476 g/mol. The predicted molar refractivity (Wildman–Crippen MR) is 131 cm³/mol. The molecular weight excluding hydrogens is 454 g/mol. The molecule has 3 aromatic carbocycles. The maximum absolute atomic E-state index is 12.9. The van der Waals surface area contributed by atoms with Crippen LogP contribution in [0.2, 0.25) is 0 Å². The number of benzene rings is 3. The van der Waals surface area contributed by atoms with E-state index >= 15 is 0 Å². The second-order valence-corrected chi connectivity index (χ2v) is 7.92. The molecule has 1 heterocycles. The minimum Gasteiger partial charge on any atom is -0.495 e. The zero-order chi connectivity index (χ0) is 24.1. The molecule has 1 aliphatic rings. The fraction of sp³-hybridized carbons (Fsp3) is 0.115. The molecule has 0 atom stereocenters. The lowest BCUT2D eigenvalue weighted by molar-refractivity contribution is -0.137. The first kappa shape index (κ1) is 23.1. The van der Waals surface area contributed by atoms with Crippen molar-refractivity contribution < 1.29 is 19.1 Å². The van der Waals surface area contributed by atoms with Gasteiger partial charge < -0.3 is 15.4 Å². The topological polar surface area (TPSA) is 87.7 Å². The molecule has 0 unspecified atom stereocenters. The van der Waals surface area contributed by atoms with E-state index < -0.39 is 11.8 Å². The number of anilines is 2. The quantitative estimate of drug-likeness (QED) is 0.471. The van der Waals surface area contributed by atoms with Gasteiger partial charge in [-0.1, -0.05) is 60.1 Å². The maximum Gasteiger partial charge on any atom is 0.278 e. The number of amides is 3. The van der Waals surface area contributed by atoms with Crippen LogP contribution in [-0.2, 0) is 16.0 Å². The molecule has 0 radical (unpaired) electrons. The van der Waals surface area contributed by atoms with Crippen LogP contribution >= 0.6 is 11.6 Å². The summed E-state index contributed by atoms with van der Waals surface area (Å²) in [5.41, 5.74) is 2.33. The summed E-state index contributed by atoms with van der Waals surface area (Å²) in [5.74, 6) is -0.871. The minimum absolute atomic E-state index is 0.0120. The zero-order valence-corrected chi connectivity index (χ0v) is 19.1. The summed E-state index contributed by atoms with van der Waals surface area (Å²) in [6.07, 6.45) is 0.522. The largest absolute Gasteiger partial charge is 0.495 e. The van der Waals surface area contributed by atoms with Crippen molar-refractivity contribution in [3.8, 4) is 5.75 Å². The van der Waals surface area contributed by atoms with Crippen molar-refractivity contribution in [2.45, 2.75) is 6.42 Å². The summed E-state index contributed by atoms with van der Waals surface area (Å²) in [7, 11) is 1.52. The lowest BCUT2D eigenvalue weighted by Gasteiger charge is -2.15. The van der Waals surface area contributed by atoms with Gasteiger partial charge in [-0.3, -0.25) is 19.3 Å². The number of hydrogen-bond acceptors (Lipinski definition) is 5. The van der Waals surface area contributed by atoms with Crippen LogP contribution in [0.15, 0.2) is 89.6 Å². The molecule has 1 aliphatic heterocycles. The highest BCUT2D eigenvalue weighted by Crippen LogP contribution is 2.27. The number of carbonyl (C=O) groups is 3. The third-order valence-corrected chi connectivity index (χ3v) is 5.68. The summed E-state index contributed by atoms with van der Waals surface area (Å²) < 4.78 is 5.26. The van der Waals surface area contributed by atoms with Gasteiger partial charge >= 0.3 is 0 Å². The first-order valence-electron chi connectivity index (χ1n) is 10.6. The Kier molecular flexibility index (Phi) is 6.94. The Morgan fingerprint density at radius 2 is 1.68 bits per heavy atom. The van der Waals surface area contributed by atoms with E-state index in [1.54, 1.807) is 48.5 Å². The van der Waals surface area contributed by atoms with Gasteiger partial charge in [0.25, 0.3) is 17.7 Å². The van der Waals surface area contributed by atoms with E-state index in [0.717, 1.165) is 10.5 Å². The van der Waals surface area contributed by atoms with Crippen molar-refractivity contribution in [3.63, 3.8) is 0 Å². The molecule has 0 bridgehead atoms. The van der Waals surface area contributed by atoms with Crippen molar-refractivity contribution in [2.24, 2.45) is 0 Å². The highest BCUT2D eigenvalue weighted by Gasteiger charge is 2.37. The molecule has 0 spiro atoms. The average Bonchev–Trinajstić information content (AvgIpc) is 3.06. The Labute approximate surface area is 202 Å². The Bertz CT molecular complexity index is 1270. The normalized spacial score (nSPS) is 13.3. The van der Waals surface area contributed by atoms with Crippen LogP contribution in [0, 0.1) is 0 Å². The van der Waals surface area contributed by atoms with Crippen LogP contribution in [0.4, 0.5) is 11.4 Å². The highest BCUT2D eigenvalue weighted by molar-refractivity contribution is 6.48. The van der Waals surface area contributed by atoms with Crippen molar-refractivity contribution in [1.29, 1.82) is 0 Å². The summed E-state index contributed by atoms with van der Waals surface area (Å²) in [5, 5.41) is 5.54. The number of nitrogens with zero attached hydrogens (tertiary/aromatic N) is 1. The first-order chi connectivity index (χ1) is 16.5.